The van der Waals surface area contributed by atoms with Crippen molar-refractivity contribution in [1.82, 2.24) is 4.98 Å². The highest BCUT2D eigenvalue weighted by molar-refractivity contribution is 5.26. The van der Waals surface area contributed by atoms with Crippen LogP contribution in [0.5, 0.6) is 5.75 Å². The zero-order valence-electron chi connectivity index (χ0n) is 12.3. The molecule has 0 amide bonds. The summed E-state index contributed by atoms with van der Waals surface area (Å²) in [7, 11) is 0. The molecular weight excluding hydrogens is 242 g/mol. The van der Waals surface area contributed by atoms with E-state index in [2.05, 4.69) is 11.9 Å². The molecule has 0 saturated carbocycles. The van der Waals surface area contributed by atoms with E-state index in [1.165, 1.54) is 0 Å². The predicted molar refractivity (Wildman–Crippen MR) is 75.3 cm³/mol. The van der Waals surface area contributed by atoms with Crippen molar-refractivity contribution in [3.63, 3.8) is 0 Å². The van der Waals surface area contributed by atoms with Crippen LogP contribution in [0.15, 0.2) is 18.5 Å². The molecule has 0 aliphatic heterocycles. The van der Waals surface area contributed by atoms with Crippen LogP contribution in [0.4, 0.5) is 0 Å². The number of aromatic nitrogens is 1. The highest BCUT2D eigenvalue weighted by Gasteiger charge is 2.21. The van der Waals surface area contributed by atoms with Crippen molar-refractivity contribution in [2.24, 2.45) is 0 Å². The van der Waals surface area contributed by atoms with Gasteiger partial charge >= 0.3 is 0 Å². The molecule has 2 unspecified atom stereocenters. The molecule has 0 radical (unpaired) electrons. The summed E-state index contributed by atoms with van der Waals surface area (Å²) in [4.78, 5) is 4.12. The molecule has 108 valence electrons. The number of nitrogens with zero attached hydrogens (tertiary/aromatic N) is 1. The van der Waals surface area contributed by atoms with E-state index in [1.54, 1.807) is 12.4 Å². The second-order valence-electron chi connectivity index (χ2n) is 4.85. The van der Waals surface area contributed by atoms with Crippen LogP contribution < -0.4 is 4.74 Å². The minimum atomic E-state index is -0.664. The Bertz CT molecular complexity index is 362. The maximum Gasteiger partial charge on any atom is 0.138 e. The van der Waals surface area contributed by atoms with Gasteiger partial charge in [0.25, 0.3) is 0 Å². The number of hydrogen-bond acceptors (Lipinski definition) is 4. The molecule has 0 bridgehead atoms. The molecule has 0 saturated heterocycles. The van der Waals surface area contributed by atoms with Gasteiger partial charge in [0, 0.05) is 18.4 Å². The summed E-state index contributed by atoms with van der Waals surface area (Å²) >= 11 is 0. The Balaban J connectivity index is 2.81. The molecule has 0 spiro atoms. The number of rotatable bonds is 8. The van der Waals surface area contributed by atoms with Gasteiger partial charge in [-0.15, -0.1) is 0 Å². The molecular formula is C15H25NO3. The second-order valence-corrected chi connectivity index (χ2v) is 4.85. The molecule has 0 fully saturated rings. The van der Waals surface area contributed by atoms with E-state index in [1.807, 2.05) is 26.8 Å². The fourth-order valence-corrected chi connectivity index (χ4v) is 1.98. The maximum atomic E-state index is 10.4. The topological polar surface area (TPSA) is 51.6 Å². The first-order valence-electron chi connectivity index (χ1n) is 6.99. The summed E-state index contributed by atoms with van der Waals surface area (Å²) in [5, 5.41) is 10.4. The molecule has 4 heteroatoms. The van der Waals surface area contributed by atoms with E-state index in [0.717, 1.165) is 18.4 Å². The molecule has 4 nitrogen and oxygen atoms in total. The molecule has 1 heterocycles. The number of aliphatic hydroxyl groups excluding tert-OH is 1. The van der Waals surface area contributed by atoms with E-state index < -0.39 is 6.10 Å². The fourth-order valence-electron chi connectivity index (χ4n) is 1.98. The van der Waals surface area contributed by atoms with Crippen molar-refractivity contribution >= 4 is 0 Å². The SMILES string of the molecule is CCCC(OCC)C(O)c1cncc(OC(C)C)c1. The van der Waals surface area contributed by atoms with Crippen LogP contribution in [0.3, 0.4) is 0 Å². The lowest BCUT2D eigenvalue weighted by molar-refractivity contribution is -0.0387. The van der Waals surface area contributed by atoms with Crippen molar-refractivity contribution in [1.29, 1.82) is 0 Å². The van der Waals surface area contributed by atoms with E-state index in [0.29, 0.717) is 12.4 Å². The lowest BCUT2D eigenvalue weighted by atomic mass is 10.0. The Morgan fingerprint density at radius 3 is 2.58 bits per heavy atom. The van der Waals surface area contributed by atoms with Gasteiger partial charge in [-0.05, 0) is 33.3 Å². The summed E-state index contributed by atoms with van der Waals surface area (Å²) in [5.74, 6) is 0.679. The van der Waals surface area contributed by atoms with Gasteiger partial charge in [-0.2, -0.15) is 0 Å². The highest BCUT2D eigenvalue weighted by Crippen LogP contribution is 2.25. The van der Waals surface area contributed by atoms with Gasteiger partial charge in [-0.1, -0.05) is 13.3 Å². The fraction of sp³-hybridized carbons (Fsp3) is 0.667. The van der Waals surface area contributed by atoms with Crippen LogP contribution >= 0.6 is 0 Å². The van der Waals surface area contributed by atoms with Crippen molar-refractivity contribution in [3.05, 3.63) is 24.0 Å². The first kappa shape index (κ1) is 15.9. The Morgan fingerprint density at radius 1 is 1.26 bits per heavy atom. The molecule has 1 rings (SSSR count). The zero-order chi connectivity index (χ0) is 14.3. The van der Waals surface area contributed by atoms with Gasteiger partial charge in [-0.25, -0.2) is 0 Å². The second kappa shape index (κ2) is 8.12. The highest BCUT2D eigenvalue weighted by atomic mass is 16.5. The lowest BCUT2D eigenvalue weighted by Gasteiger charge is -2.23. The van der Waals surface area contributed by atoms with Gasteiger partial charge in [0.15, 0.2) is 0 Å². The number of pyridine rings is 1. The van der Waals surface area contributed by atoms with E-state index in [4.69, 9.17) is 9.47 Å². The quantitative estimate of drug-likeness (QED) is 0.786. The number of aliphatic hydroxyl groups is 1. The van der Waals surface area contributed by atoms with Gasteiger partial charge in [0.2, 0.25) is 0 Å². The Hall–Kier alpha value is -1.13. The molecule has 1 aromatic heterocycles. The van der Waals surface area contributed by atoms with E-state index >= 15 is 0 Å². The lowest BCUT2D eigenvalue weighted by Crippen LogP contribution is -2.22. The first-order chi connectivity index (χ1) is 9.08. The van der Waals surface area contributed by atoms with E-state index in [-0.39, 0.29) is 12.2 Å². The molecule has 0 aliphatic carbocycles. The minimum Gasteiger partial charge on any atom is -0.489 e. The third kappa shape index (κ3) is 5.17. The van der Waals surface area contributed by atoms with Crippen LogP contribution in [-0.2, 0) is 4.74 Å². The third-order valence-electron chi connectivity index (χ3n) is 2.75. The summed E-state index contributed by atoms with van der Waals surface area (Å²) in [6.07, 6.45) is 4.36. The summed E-state index contributed by atoms with van der Waals surface area (Å²) in [6, 6.07) is 1.83. The molecule has 0 aliphatic rings. The summed E-state index contributed by atoms with van der Waals surface area (Å²) in [5.41, 5.74) is 0.741. The zero-order valence-corrected chi connectivity index (χ0v) is 12.3. The Labute approximate surface area is 115 Å². The normalized spacial score (nSPS) is 14.4. The summed E-state index contributed by atoms with van der Waals surface area (Å²) in [6.45, 7) is 8.53. The van der Waals surface area contributed by atoms with Crippen molar-refractivity contribution in [2.75, 3.05) is 6.61 Å². The van der Waals surface area contributed by atoms with Crippen LogP contribution in [-0.4, -0.2) is 28.9 Å². The van der Waals surface area contributed by atoms with Crippen molar-refractivity contribution in [2.45, 2.75) is 58.8 Å². The monoisotopic (exact) mass is 267 g/mol. The van der Waals surface area contributed by atoms with Gasteiger partial charge in [0.05, 0.1) is 18.4 Å². The van der Waals surface area contributed by atoms with Crippen molar-refractivity contribution < 1.29 is 14.6 Å². The first-order valence-corrected chi connectivity index (χ1v) is 6.99. The molecule has 2 atom stereocenters. The number of ether oxygens (including phenoxy) is 2. The molecule has 1 aromatic rings. The maximum absolute atomic E-state index is 10.4. The van der Waals surface area contributed by atoms with Crippen LogP contribution in [0.1, 0.15) is 52.2 Å². The van der Waals surface area contributed by atoms with E-state index in [9.17, 15) is 5.11 Å². The standard InChI is InChI=1S/C15H25NO3/c1-5-7-14(18-6-2)15(17)12-8-13(10-16-9-12)19-11(3)4/h8-11,14-15,17H,5-7H2,1-4H3. The van der Waals surface area contributed by atoms with Gasteiger partial charge in [-0.3, -0.25) is 4.98 Å². The third-order valence-corrected chi connectivity index (χ3v) is 2.75. The molecule has 0 aromatic carbocycles. The Kier molecular flexibility index (Phi) is 6.81. The Morgan fingerprint density at radius 2 is 2.00 bits per heavy atom. The largest absolute Gasteiger partial charge is 0.489 e. The number of hydrogen-bond donors (Lipinski definition) is 1. The summed E-state index contributed by atoms with van der Waals surface area (Å²) < 4.78 is 11.2. The van der Waals surface area contributed by atoms with Crippen LogP contribution in [0.2, 0.25) is 0 Å². The average Bonchev–Trinajstić information content (AvgIpc) is 2.37. The van der Waals surface area contributed by atoms with Crippen LogP contribution in [0, 0.1) is 0 Å². The molecule has 19 heavy (non-hydrogen) atoms. The van der Waals surface area contributed by atoms with Gasteiger partial charge < -0.3 is 14.6 Å². The average molecular weight is 267 g/mol. The van der Waals surface area contributed by atoms with Crippen LogP contribution in [0.25, 0.3) is 0 Å². The van der Waals surface area contributed by atoms with Crippen molar-refractivity contribution in [3.8, 4) is 5.75 Å². The smallest absolute Gasteiger partial charge is 0.138 e. The predicted octanol–water partition coefficient (Wildman–Crippen LogP) is 3.11. The molecule has 1 N–H and O–H groups in total. The minimum absolute atomic E-state index is 0.0903. The van der Waals surface area contributed by atoms with Gasteiger partial charge in [0.1, 0.15) is 11.9 Å².